The molecule has 0 aromatic heterocycles. The molecule has 7 N–H and O–H groups in total. The van der Waals surface area contributed by atoms with Gasteiger partial charge in [0.25, 0.3) is 5.91 Å². The number of ketones is 1. The number of anilines is 2. The van der Waals surface area contributed by atoms with Crippen LogP contribution in [0, 0.1) is 5.41 Å². The molecule has 0 radical (unpaired) electrons. The first-order valence-electron chi connectivity index (χ1n) is 10.8. The number of rotatable bonds is 9. The van der Waals surface area contributed by atoms with Gasteiger partial charge in [-0.25, -0.2) is 4.79 Å². The van der Waals surface area contributed by atoms with Crippen molar-refractivity contribution >= 4 is 34.9 Å². The van der Waals surface area contributed by atoms with Crippen molar-refractivity contribution in [2.45, 2.75) is 19.8 Å². The number of benzene rings is 3. The van der Waals surface area contributed by atoms with E-state index in [1.807, 2.05) is 26.0 Å². The zero-order valence-electron chi connectivity index (χ0n) is 19.3. The van der Waals surface area contributed by atoms with Gasteiger partial charge in [0.05, 0.1) is 16.9 Å². The van der Waals surface area contributed by atoms with Crippen molar-refractivity contribution < 1.29 is 24.2 Å². The number of amides is 1. The van der Waals surface area contributed by atoms with Gasteiger partial charge in [0.2, 0.25) is 0 Å². The molecule has 0 unspecified atom stereocenters. The third-order valence-corrected chi connectivity index (χ3v) is 5.29. The summed E-state index contributed by atoms with van der Waals surface area (Å²) in [6.45, 7) is 3.37. The molecule has 35 heavy (non-hydrogen) atoms. The number of carbonyl (C=O) groups excluding carboxylic acids is 2. The SMILES string of the molecule is CC(C)c1ccc(C(=O)Nc2c(N)ccc(OCC(=O)O)c2C(=O)c2cccc(C(=N)N)c2)cc1. The fourth-order valence-corrected chi connectivity index (χ4v) is 3.40. The zero-order chi connectivity index (χ0) is 25.7. The molecule has 0 spiro atoms. The number of ether oxygens (including phenoxy) is 1. The van der Waals surface area contributed by atoms with Gasteiger partial charge in [-0.05, 0) is 41.8 Å². The Bertz CT molecular complexity index is 1300. The molecule has 0 aliphatic rings. The summed E-state index contributed by atoms with van der Waals surface area (Å²) in [6, 6.07) is 15.9. The van der Waals surface area contributed by atoms with Crippen LogP contribution >= 0.6 is 0 Å². The van der Waals surface area contributed by atoms with E-state index >= 15 is 0 Å². The second-order valence-electron chi connectivity index (χ2n) is 8.14. The lowest BCUT2D eigenvalue weighted by molar-refractivity contribution is -0.139. The van der Waals surface area contributed by atoms with Gasteiger partial charge in [-0.3, -0.25) is 15.0 Å². The van der Waals surface area contributed by atoms with Crippen LogP contribution in [-0.4, -0.2) is 35.2 Å². The molecule has 0 heterocycles. The number of carboxylic acid groups (broad SMARTS) is 1. The first kappa shape index (κ1) is 25.0. The molecule has 3 aromatic carbocycles. The van der Waals surface area contributed by atoms with Crippen molar-refractivity contribution in [2.24, 2.45) is 5.73 Å². The fraction of sp³-hybridized carbons (Fsp3) is 0.154. The molecule has 0 aliphatic heterocycles. The van der Waals surface area contributed by atoms with E-state index in [9.17, 15) is 14.4 Å². The fourth-order valence-electron chi connectivity index (χ4n) is 3.40. The first-order chi connectivity index (χ1) is 16.6. The van der Waals surface area contributed by atoms with Crippen LogP contribution < -0.4 is 21.5 Å². The van der Waals surface area contributed by atoms with Crippen molar-refractivity contribution in [2.75, 3.05) is 17.7 Å². The molecule has 1 amide bonds. The van der Waals surface area contributed by atoms with Gasteiger partial charge in [0.1, 0.15) is 11.6 Å². The standard InChI is InChI=1S/C26H26N4O5/c1-14(2)15-6-8-16(9-7-15)26(34)30-23-19(27)10-11-20(35-13-21(31)32)22(23)24(33)17-4-3-5-18(12-17)25(28)29/h3-12,14H,13,27H2,1-2H3,(H3,28,29)(H,30,34)(H,31,32). The normalized spacial score (nSPS) is 10.6. The van der Waals surface area contributed by atoms with E-state index < -0.39 is 24.3 Å². The minimum atomic E-state index is -1.24. The molecule has 0 fully saturated rings. The molecule has 9 heteroatoms. The summed E-state index contributed by atoms with van der Waals surface area (Å²) in [5.41, 5.74) is 13.5. The highest BCUT2D eigenvalue weighted by molar-refractivity contribution is 6.19. The summed E-state index contributed by atoms with van der Waals surface area (Å²) >= 11 is 0. The van der Waals surface area contributed by atoms with Crippen LogP contribution in [0.1, 0.15) is 57.2 Å². The maximum absolute atomic E-state index is 13.6. The Morgan fingerprint density at radius 2 is 1.66 bits per heavy atom. The quantitative estimate of drug-likeness (QED) is 0.136. The summed E-state index contributed by atoms with van der Waals surface area (Å²) in [5, 5.41) is 19.4. The van der Waals surface area contributed by atoms with E-state index in [0.29, 0.717) is 17.0 Å². The number of hydrogen-bond donors (Lipinski definition) is 5. The number of amidine groups is 1. The summed E-state index contributed by atoms with van der Waals surface area (Å²) in [6.07, 6.45) is 0. The Morgan fingerprint density at radius 3 is 2.26 bits per heavy atom. The molecular weight excluding hydrogens is 448 g/mol. The third kappa shape index (κ3) is 5.83. The van der Waals surface area contributed by atoms with E-state index in [0.717, 1.165) is 5.56 Å². The predicted octanol–water partition coefficient (Wildman–Crippen LogP) is 3.62. The lowest BCUT2D eigenvalue weighted by atomic mass is 9.97. The van der Waals surface area contributed by atoms with Crippen molar-refractivity contribution in [1.29, 1.82) is 5.41 Å². The molecule has 0 saturated carbocycles. The largest absolute Gasteiger partial charge is 0.481 e. The Balaban J connectivity index is 2.07. The molecule has 9 nitrogen and oxygen atoms in total. The molecule has 180 valence electrons. The van der Waals surface area contributed by atoms with Crippen molar-refractivity contribution in [1.82, 2.24) is 0 Å². The highest BCUT2D eigenvalue weighted by atomic mass is 16.5. The number of carbonyl (C=O) groups is 3. The maximum atomic E-state index is 13.6. The second-order valence-corrected chi connectivity index (χ2v) is 8.14. The highest BCUT2D eigenvalue weighted by Crippen LogP contribution is 2.35. The van der Waals surface area contributed by atoms with Gasteiger partial charge >= 0.3 is 5.97 Å². The van der Waals surface area contributed by atoms with Gasteiger partial charge in [-0.2, -0.15) is 0 Å². The summed E-state index contributed by atoms with van der Waals surface area (Å²) in [5.74, 6) is -2.34. The average molecular weight is 475 g/mol. The van der Waals surface area contributed by atoms with E-state index in [-0.39, 0.29) is 34.1 Å². The number of nitrogen functional groups attached to an aromatic ring is 2. The van der Waals surface area contributed by atoms with Gasteiger partial charge in [-0.1, -0.05) is 44.2 Å². The topological polar surface area (TPSA) is 169 Å². The van der Waals surface area contributed by atoms with E-state index in [1.54, 1.807) is 24.3 Å². The molecule has 3 rings (SSSR count). The summed E-state index contributed by atoms with van der Waals surface area (Å²) < 4.78 is 5.35. The van der Waals surface area contributed by atoms with Gasteiger partial charge in [0.15, 0.2) is 12.4 Å². The van der Waals surface area contributed by atoms with Crippen molar-refractivity contribution in [3.63, 3.8) is 0 Å². The number of nitrogens with one attached hydrogen (secondary N) is 2. The number of nitrogens with two attached hydrogens (primary N) is 2. The average Bonchev–Trinajstić information content (AvgIpc) is 2.83. The molecule has 0 saturated heterocycles. The van der Waals surface area contributed by atoms with E-state index in [2.05, 4.69) is 5.32 Å². The molecular formula is C26H26N4O5. The number of aliphatic carboxylic acids is 1. The smallest absolute Gasteiger partial charge is 0.341 e. The Labute approximate surface area is 202 Å². The number of hydrogen-bond acceptors (Lipinski definition) is 6. The van der Waals surface area contributed by atoms with E-state index in [1.165, 1.54) is 24.3 Å². The number of carboxylic acids is 1. The molecule has 0 atom stereocenters. The van der Waals surface area contributed by atoms with Gasteiger partial charge in [-0.15, -0.1) is 0 Å². The Hall–Kier alpha value is -4.66. The molecule has 3 aromatic rings. The second kappa shape index (κ2) is 10.5. The lowest BCUT2D eigenvalue weighted by Crippen LogP contribution is -2.19. The van der Waals surface area contributed by atoms with Gasteiger partial charge < -0.3 is 26.6 Å². The van der Waals surface area contributed by atoms with Gasteiger partial charge in [0, 0.05) is 16.7 Å². The van der Waals surface area contributed by atoms with Crippen molar-refractivity contribution in [3.05, 3.63) is 88.5 Å². The minimum Gasteiger partial charge on any atom is -0.481 e. The Morgan fingerprint density at radius 1 is 1.00 bits per heavy atom. The molecule has 0 aliphatic carbocycles. The van der Waals surface area contributed by atoms with Crippen LogP contribution in [0.3, 0.4) is 0 Å². The predicted molar refractivity (Wildman–Crippen MR) is 133 cm³/mol. The van der Waals surface area contributed by atoms with Crippen LogP contribution in [0.5, 0.6) is 5.75 Å². The highest BCUT2D eigenvalue weighted by Gasteiger charge is 2.24. The summed E-state index contributed by atoms with van der Waals surface area (Å²) in [7, 11) is 0. The monoisotopic (exact) mass is 474 g/mol. The molecule has 0 bridgehead atoms. The van der Waals surface area contributed by atoms with Crippen LogP contribution in [0.25, 0.3) is 0 Å². The van der Waals surface area contributed by atoms with Crippen molar-refractivity contribution in [3.8, 4) is 5.75 Å². The maximum Gasteiger partial charge on any atom is 0.341 e. The Kier molecular flexibility index (Phi) is 7.50. The zero-order valence-corrected chi connectivity index (χ0v) is 19.3. The van der Waals surface area contributed by atoms with E-state index in [4.69, 9.17) is 26.7 Å². The third-order valence-electron chi connectivity index (χ3n) is 5.29. The minimum absolute atomic E-state index is 0.0101. The first-order valence-corrected chi connectivity index (χ1v) is 10.8. The van der Waals surface area contributed by atoms with Crippen LogP contribution in [0.2, 0.25) is 0 Å². The lowest BCUT2D eigenvalue weighted by Gasteiger charge is -2.17. The summed E-state index contributed by atoms with van der Waals surface area (Å²) in [4.78, 5) is 37.7. The van der Waals surface area contributed by atoms with Crippen LogP contribution in [0.15, 0.2) is 60.7 Å². The van der Waals surface area contributed by atoms with Crippen LogP contribution in [-0.2, 0) is 4.79 Å². The van der Waals surface area contributed by atoms with Crippen LogP contribution in [0.4, 0.5) is 11.4 Å².